The lowest BCUT2D eigenvalue weighted by Crippen LogP contribution is -2.36. The van der Waals surface area contributed by atoms with Gasteiger partial charge < -0.3 is 9.47 Å². The van der Waals surface area contributed by atoms with Crippen molar-refractivity contribution in [2.45, 2.75) is 38.2 Å². The van der Waals surface area contributed by atoms with E-state index in [1.54, 1.807) is 6.92 Å². The summed E-state index contributed by atoms with van der Waals surface area (Å²) in [6.45, 7) is 4.48. The lowest BCUT2D eigenvalue weighted by atomic mass is 10.2. The second-order valence-electron chi connectivity index (χ2n) is 6.33. The molecule has 1 unspecified atom stereocenters. The SMILES string of the molecule is CCc1ccc(CCOc2ccc(COC3(C)SC(=O)NC3=O)cc2)nc1. The minimum absolute atomic E-state index is 0.234. The number of thioether (sulfide) groups is 1. The fraction of sp³-hybridized carbons (Fsp3) is 0.350. The van der Waals surface area contributed by atoms with E-state index < -0.39 is 10.8 Å². The van der Waals surface area contributed by atoms with E-state index in [1.807, 2.05) is 36.5 Å². The number of pyridine rings is 1. The van der Waals surface area contributed by atoms with Crippen LogP contribution in [0.3, 0.4) is 0 Å². The van der Waals surface area contributed by atoms with Gasteiger partial charge in [-0.2, -0.15) is 0 Å². The highest BCUT2D eigenvalue weighted by atomic mass is 32.2. The van der Waals surface area contributed by atoms with Gasteiger partial charge in [0.25, 0.3) is 11.1 Å². The summed E-state index contributed by atoms with van der Waals surface area (Å²) in [6, 6.07) is 11.6. The maximum absolute atomic E-state index is 11.7. The Hall–Kier alpha value is -2.38. The van der Waals surface area contributed by atoms with E-state index in [-0.39, 0.29) is 11.8 Å². The predicted octanol–water partition coefficient (Wildman–Crippen LogP) is 3.48. The molecule has 6 nitrogen and oxygen atoms in total. The van der Waals surface area contributed by atoms with Crippen LogP contribution in [0.5, 0.6) is 5.75 Å². The quantitative estimate of drug-likeness (QED) is 0.748. The topological polar surface area (TPSA) is 77.5 Å². The van der Waals surface area contributed by atoms with Gasteiger partial charge in [0.1, 0.15) is 5.75 Å². The molecule has 0 radical (unpaired) electrons. The smallest absolute Gasteiger partial charge is 0.289 e. The highest BCUT2D eigenvalue weighted by Gasteiger charge is 2.45. The van der Waals surface area contributed by atoms with Gasteiger partial charge >= 0.3 is 0 Å². The molecule has 1 aliphatic rings. The van der Waals surface area contributed by atoms with Crippen molar-refractivity contribution in [1.82, 2.24) is 10.3 Å². The summed E-state index contributed by atoms with van der Waals surface area (Å²) < 4.78 is 11.4. The van der Waals surface area contributed by atoms with Gasteiger partial charge in [0.2, 0.25) is 0 Å². The maximum atomic E-state index is 11.7. The molecule has 0 saturated carbocycles. The Labute approximate surface area is 162 Å². The summed E-state index contributed by atoms with van der Waals surface area (Å²) in [5.41, 5.74) is 3.13. The van der Waals surface area contributed by atoms with Crippen molar-refractivity contribution in [2.24, 2.45) is 0 Å². The number of benzene rings is 1. The predicted molar refractivity (Wildman–Crippen MR) is 104 cm³/mol. The third-order valence-electron chi connectivity index (χ3n) is 4.27. The van der Waals surface area contributed by atoms with E-state index in [9.17, 15) is 9.59 Å². The molecule has 1 aromatic heterocycles. The standard InChI is InChI=1S/C20H22N2O4S/c1-3-14-4-7-16(21-12-14)10-11-25-17-8-5-15(6-9-17)13-26-20(2)18(23)22-19(24)27-20/h4-9,12H,3,10-11,13H2,1-2H3,(H,22,23,24). The average Bonchev–Trinajstić information content (AvgIpc) is 2.93. The number of hydrogen-bond acceptors (Lipinski definition) is 6. The molecule has 3 rings (SSSR count). The summed E-state index contributed by atoms with van der Waals surface area (Å²) in [7, 11) is 0. The molecule has 7 heteroatoms. The number of nitrogens with one attached hydrogen (secondary N) is 1. The molecule has 0 aliphatic carbocycles. The number of imide groups is 1. The van der Waals surface area contributed by atoms with Gasteiger partial charge in [-0.25, -0.2) is 0 Å². The van der Waals surface area contributed by atoms with Gasteiger partial charge in [-0.15, -0.1) is 0 Å². The molecule has 1 N–H and O–H groups in total. The zero-order valence-corrected chi connectivity index (χ0v) is 16.2. The Morgan fingerprint density at radius 3 is 2.44 bits per heavy atom. The number of hydrogen-bond donors (Lipinski definition) is 1. The summed E-state index contributed by atoms with van der Waals surface area (Å²) >= 11 is 0.857. The van der Waals surface area contributed by atoms with Gasteiger partial charge in [0.05, 0.1) is 13.2 Å². The number of rotatable bonds is 8. The van der Waals surface area contributed by atoms with Gasteiger partial charge in [-0.1, -0.05) is 25.1 Å². The first-order valence-corrected chi connectivity index (χ1v) is 9.64. The van der Waals surface area contributed by atoms with Gasteiger partial charge in [0, 0.05) is 18.3 Å². The van der Waals surface area contributed by atoms with Crippen molar-refractivity contribution in [2.75, 3.05) is 6.61 Å². The Balaban J connectivity index is 1.45. The molecular weight excluding hydrogens is 364 g/mol. The van der Waals surface area contributed by atoms with E-state index in [2.05, 4.69) is 23.3 Å². The second-order valence-corrected chi connectivity index (χ2v) is 7.69. The van der Waals surface area contributed by atoms with Crippen LogP contribution in [0.25, 0.3) is 0 Å². The monoisotopic (exact) mass is 386 g/mol. The van der Waals surface area contributed by atoms with Gasteiger partial charge in [-0.05, 0) is 54.4 Å². The third kappa shape index (κ3) is 5.08. The lowest BCUT2D eigenvalue weighted by molar-refractivity contribution is -0.133. The minimum atomic E-state index is -1.17. The van der Waals surface area contributed by atoms with Gasteiger partial charge in [-0.3, -0.25) is 19.9 Å². The summed E-state index contributed by atoms with van der Waals surface area (Å²) in [4.78, 5) is 26.3. The van der Waals surface area contributed by atoms with Crippen molar-refractivity contribution in [3.8, 4) is 5.75 Å². The number of nitrogens with zero attached hydrogens (tertiary/aromatic N) is 1. The Bertz CT molecular complexity index is 808. The highest BCUT2D eigenvalue weighted by molar-refractivity contribution is 8.15. The van der Waals surface area contributed by atoms with Crippen LogP contribution in [-0.2, 0) is 29.0 Å². The number of carbonyl (C=O) groups is 2. The summed E-state index contributed by atoms with van der Waals surface area (Å²) in [5.74, 6) is 0.344. The molecule has 27 heavy (non-hydrogen) atoms. The number of amides is 2. The first kappa shape index (κ1) is 19.4. The minimum Gasteiger partial charge on any atom is -0.493 e. The van der Waals surface area contributed by atoms with Crippen LogP contribution in [-0.4, -0.2) is 27.7 Å². The largest absolute Gasteiger partial charge is 0.493 e. The molecular formula is C20H22N2O4S. The van der Waals surface area contributed by atoms with Crippen LogP contribution in [0.4, 0.5) is 4.79 Å². The van der Waals surface area contributed by atoms with E-state index >= 15 is 0 Å². The molecule has 2 aromatic rings. The van der Waals surface area contributed by atoms with Crippen molar-refractivity contribution in [3.63, 3.8) is 0 Å². The van der Waals surface area contributed by atoms with Crippen LogP contribution in [0.15, 0.2) is 42.6 Å². The van der Waals surface area contributed by atoms with Crippen LogP contribution >= 0.6 is 11.8 Å². The van der Waals surface area contributed by atoms with Crippen molar-refractivity contribution in [3.05, 3.63) is 59.4 Å². The Morgan fingerprint density at radius 1 is 1.11 bits per heavy atom. The molecule has 2 heterocycles. The van der Waals surface area contributed by atoms with Crippen molar-refractivity contribution >= 4 is 22.9 Å². The molecule has 0 spiro atoms. The molecule has 142 valence electrons. The number of ether oxygens (including phenoxy) is 2. The lowest BCUT2D eigenvalue weighted by Gasteiger charge is -2.19. The van der Waals surface area contributed by atoms with Crippen LogP contribution < -0.4 is 10.1 Å². The first-order valence-electron chi connectivity index (χ1n) is 8.82. The summed E-state index contributed by atoms with van der Waals surface area (Å²) in [6.07, 6.45) is 3.63. The Kier molecular flexibility index (Phi) is 6.13. The van der Waals surface area contributed by atoms with E-state index in [4.69, 9.17) is 9.47 Å². The normalized spacial score (nSPS) is 19.2. The first-order chi connectivity index (χ1) is 13.0. The fourth-order valence-electron chi connectivity index (χ4n) is 2.54. The molecule has 1 atom stereocenters. The number of aromatic nitrogens is 1. The average molecular weight is 386 g/mol. The fourth-order valence-corrected chi connectivity index (χ4v) is 3.30. The zero-order valence-electron chi connectivity index (χ0n) is 15.4. The van der Waals surface area contributed by atoms with E-state index in [0.717, 1.165) is 41.6 Å². The molecule has 1 aromatic carbocycles. The van der Waals surface area contributed by atoms with Crippen molar-refractivity contribution < 1.29 is 19.1 Å². The maximum Gasteiger partial charge on any atom is 0.289 e. The van der Waals surface area contributed by atoms with E-state index in [0.29, 0.717) is 6.61 Å². The zero-order chi connectivity index (χ0) is 19.3. The number of carbonyl (C=O) groups excluding carboxylic acids is 2. The molecule has 1 fully saturated rings. The third-order valence-corrected chi connectivity index (χ3v) is 5.25. The molecule has 0 bridgehead atoms. The van der Waals surface area contributed by atoms with Crippen LogP contribution in [0, 0.1) is 0 Å². The van der Waals surface area contributed by atoms with E-state index in [1.165, 1.54) is 5.56 Å². The molecule has 2 amide bonds. The van der Waals surface area contributed by atoms with Crippen molar-refractivity contribution in [1.29, 1.82) is 0 Å². The molecule has 1 saturated heterocycles. The Morgan fingerprint density at radius 2 is 1.85 bits per heavy atom. The van der Waals surface area contributed by atoms with Crippen LogP contribution in [0.2, 0.25) is 0 Å². The summed E-state index contributed by atoms with van der Waals surface area (Å²) in [5, 5.41) is 1.85. The highest BCUT2D eigenvalue weighted by Crippen LogP contribution is 2.33. The number of aryl methyl sites for hydroxylation is 1. The second kappa shape index (κ2) is 8.54. The van der Waals surface area contributed by atoms with Gasteiger partial charge in [0.15, 0.2) is 4.93 Å². The molecule has 1 aliphatic heterocycles. The van der Waals surface area contributed by atoms with Crippen LogP contribution in [0.1, 0.15) is 30.7 Å².